The molecule has 0 amide bonds. The number of rotatable bonds is 1. The summed E-state index contributed by atoms with van der Waals surface area (Å²) in [6.45, 7) is 1.56. The molecule has 0 saturated carbocycles. The van der Waals surface area contributed by atoms with E-state index in [0.717, 1.165) is 0 Å². The molecule has 1 unspecified atom stereocenters. The van der Waals surface area contributed by atoms with Gasteiger partial charge < -0.3 is 5.21 Å². The van der Waals surface area contributed by atoms with Crippen LogP contribution in [0.3, 0.4) is 0 Å². The average Bonchev–Trinajstić information content (AvgIpc) is 2.27. The van der Waals surface area contributed by atoms with Crippen molar-refractivity contribution in [2.24, 2.45) is 0 Å². The highest BCUT2D eigenvalue weighted by Crippen LogP contribution is 2.36. The van der Waals surface area contributed by atoms with E-state index in [0.29, 0.717) is 10.6 Å². The molecule has 0 saturated heterocycles. The fraction of sp³-hybridized carbons (Fsp3) is 0.0833. The SMILES string of the molecule is CC1=CC=C[N+]([O-])(c2ccc(Cl)cc2Cl)C1=S(=O)=O. The zero-order valence-electron chi connectivity index (χ0n) is 9.80. The maximum atomic E-state index is 12.9. The van der Waals surface area contributed by atoms with Crippen LogP contribution in [0.5, 0.6) is 0 Å². The minimum absolute atomic E-state index is 0.106. The van der Waals surface area contributed by atoms with Crippen molar-refractivity contribution in [3.63, 3.8) is 0 Å². The standard InChI is InChI=1S/C12H9Cl2NO3S/c1-8-3-2-6-15(16,12(8)19(17)18)11-5-4-9(13)7-10(11)14/h2-7H,1H3. The zero-order valence-corrected chi connectivity index (χ0v) is 12.1. The van der Waals surface area contributed by atoms with Gasteiger partial charge in [0, 0.05) is 16.7 Å². The van der Waals surface area contributed by atoms with Crippen molar-refractivity contribution < 1.29 is 8.42 Å². The van der Waals surface area contributed by atoms with E-state index in [1.807, 2.05) is 0 Å². The van der Waals surface area contributed by atoms with Gasteiger partial charge in [0.05, 0.1) is 0 Å². The molecule has 0 radical (unpaired) electrons. The van der Waals surface area contributed by atoms with Crippen molar-refractivity contribution in [1.82, 2.24) is 4.65 Å². The molecule has 0 N–H and O–H groups in total. The van der Waals surface area contributed by atoms with E-state index in [1.165, 1.54) is 30.5 Å². The molecule has 0 aliphatic carbocycles. The second-order valence-corrected chi connectivity index (χ2v) is 5.68. The topological polar surface area (TPSA) is 57.2 Å². The first-order valence-electron chi connectivity index (χ1n) is 5.25. The summed E-state index contributed by atoms with van der Waals surface area (Å²) in [6, 6.07) is 4.32. The van der Waals surface area contributed by atoms with Gasteiger partial charge in [0.1, 0.15) is 11.2 Å². The molecule has 4 nitrogen and oxygen atoms in total. The van der Waals surface area contributed by atoms with Crippen LogP contribution >= 0.6 is 23.2 Å². The molecule has 0 spiro atoms. The number of benzene rings is 1. The zero-order chi connectivity index (χ0) is 14.2. The molecule has 1 aromatic carbocycles. The molecule has 0 fully saturated rings. The normalized spacial score (nSPS) is 22.3. The van der Waals surface area contributed by atoms with E-state index in [1.54, 1.807) is 13.0 Å². The summed E-state index contributed by atoms with van der Waals surface area (Å²) >= 11 is 11.8. The van der Waals surface area contributed by atoms with Gasteiger partial charge in [-0.2, -0.15) is 8.42 Å². The highest BCUT2D eigenvalue weighted by molar-refractivity contribution is 7.73. The molecule has 19 heavy (non-hydrogen) atoms. The summed E-state index contributed by atoms with van der Waals surface area (Å²) in [7, 11) is -2.65. The Kier molecular flexibility index (Phi) is 3.85. The summed E-state index contributed by atoms with van der Waals surface area (Å²) in [5.74, 6) is 0. The maximum Gasteiger partial charge on any atom is 0.277 e. The third-order valence-corrected chi connectivity index (χ3v) is 4.15. The highest BCUT2D eigenvalue weighted by Gasteiger charge is 2.33. The summed E-state index contributed by atoms with van der Waals surface area (Å²) in [6.07, 6.45) is 4.28. The third kappa shape index (κ3) is 2.48. The molecule has 0 bridgehead atoms. The Bertz CT molecular complexity index is 729. The van der Waals surface area contributed by atoms with Crippen LogP contribution in [-0.2, 0) is 10.3 Å². The number of quaternary nitrogens is 1. The van der Waals surface area contributed by atoms with Crippen LogP contribution in [0.15, 0.2) is 42.1 Å². The van der Waals surface area contributed by atoms with E-state index >= 15 is 0 Å². The Morgan fingerprint density at radius 1 is 1.26 bits per heavy atom. The lowest BCUT2D eigenvalue weighted by Gasteiger charge is -2.39. The van der Waals surface area contributed by atoms with Crippen molar-refractivity contribution in [3.05, 3.63) is 57.4 Å². The van der Waals surface area contributed by atoms with Crippen LogP contribution in [0.2, 0.25) is 10.0 Å². The van der Waals surface area contributed by atoms with E-state index in [4.69, 9.17) is 23.2 Å². The van der Waals surface area contributed by atoms with E-state index in [2.05, 4.69) is 0 Å². The quantitative estimate of drug-likeness (QED) is 0.453. The second kappa shape index (κ2) is 5.11. The number of halogens is 2. The number of allylic oxidation sites excluding steroid dienone is 2. The van der Waals surface area contributed by atoms with Crippen molar-refractivity contribution in [2.75, 3.05) is 0 Å². The molecule has 1 aromatic rings. The molecular formula is C12H9Cl2NO3S. The van der Waals surface area contributed by atoms with Gasteiger partial charge in [0.25, 0.3) is 15.3 Å². The van der Waals surface area contributed by atoms with Gasteiger partial charge in [0.15, 0.2) is 5.69 Å². The lowest BCUT2D eigenvalue weighted by Crippen LogP contribution is -2.46. The van der Waals surface area contributed by atoms with Crippen LogP contribution < -0.4 is 4.65 Å². The average molecular weight is 318 g/mol. The fourth-order valence-electron chi connectivity index (χ4n) is 1.89. The third-order valence-electron chi connectivity index (χ3n) is 2.71. The van der Waals surface area contributed by atoms with Gasteiger partial charge in [-0.15, -0.1) is 0 Å². The van der Waals surface area contributed by atoms with Crippen LogP contribution in [0, 0.1) is 5.21 Å². The van der Waals surface area contributed by atoms with Crippen molar-refractivity contribution in [1.29, 1.82) is 0 Å². The van der Waals surface area contributed by atoms with Gasteiger partial charge in [0.2, 0.25) is 0 Å². The predicted molar refractivity (Wildman–Crippen MR) is 78.4 cm³/mol. The van der Waals surface area contributed by atoms with E-state index in [9.17, 15) is 13.6 Å². The molecule has 1 aliphatic heterocycles. The van der Waals surface area contributed by atoms with Crippen molar-refractivity contribution in [2.45, 2.75) is 6.92 Å². The van der Waals surface area contributed by atoms with E-state index < -0.39 is 14.9 Å². The number of hydroxylamine groups is 2. The molecule has 1 heterocycles. The number of nitrogens with zero attached hydrogens (tertiary/aromatic N) is 1. The minimum Gasteiger partial charge on any atom is -0.616 e. The van der Waals surface area contributed by atoms with Crippen LogP contribution in [0.25, 0.3) is 0 Å². The first-order valence-corrected chi connectivity index (χ1v) is 7.08. The fourth-order valence-corrected chi connectivity index (χ4v) is 3.14. The number of hydrogen-bond donors (Lipinski definition) is 0. The highest BCUT2D eigenvalue weighted by atomic mass is 35.5. The largest absolute Gasteiger partial charge is 0.616 e. The smallest absolute Gasteiger partial charge is 0.277 e. The van der Waals surface area contributed by atoms with Gasteiger partial charge in [-0.05, 0) is 31.2 Å². The Morgan fingerprint density at radius 2 is 1.95 bits per heavy atom. The van der Waals surface area contributed by atoms with Gasteiger partial charge >= 0.3 is 0 Å². The molecule has 1 atom stereocenters. The Hall–Kier alpha value is -1.11. The summed E-state index contributed by atoms with van der Waals surface area (Å²) in [4.78, 5) is -0.285. The van der Waals surface area contributed by atoms with Crippen LogP contribution in [-0.4, -0.2) is 13.4 Å². The predicted octanol–water partition coefficient (Wildman–Crippen LogP) is 3.28. The molecular weight excluding hydrogens is 309 g/mol. The molecule has 1 aliphatic rings. The van der Waals surface area contributed by atoms with Crippen molar-refractivity contribution >= 4 is 44.2 Å². The number of hydrogen-bond acceptors (Lipinski definition) is 3. The molecule has 2 rings (SSSR count). The summed E-state index contributed by atoms with van der Waals surface area (Å²) in [5.41, 5.74) is 0.478. The minimum atomic E-state index is -2.65. The molecule has 0 aromatic heterocycles. The lowest BCUT2D eigenvalue weighted by molar-refractivity contribution is 0.623. The first-order chi connectivity index (χ1) is 8.86. The summed E-state index contributed by atoms with van der Waals surface area (Å²) in [5, 5.41) is 13.4. The summed E-state index contributed by atoms with van der Waals surface area (Å²) < 4.78 is 21.4. The lowest BCUT2D eigenvalue weighted by atomic mass is 10.1. The van der Waals surface area contributed by atoms with Gasteiger partial charge in [-0.25, -0.2) is 0 Å². The maximum absolute atomic E-state index is 12.9. The van der Waals surface area contributed by atoms with E-state index in [-0.39, 0.29) is 15.7 Å². The second-order valence-electron chi connectivity index (χ2n) is 3.98. The Balaban J connectivity index is 2.75. The van der Waals surface area contributed by atoms with Crippen LogP contribution in [0.1, 0.15) is 6.92 Å². The van der Waals surface area contributed by atoms with Crippen LogP contribution in [0.4, 0.5) is 5.69 Å². The van der Waals surface area contributed by atoms with Gasteiger partial charge in [-0.1, -0.05) is 23.2 Å². The first kappa shape index (κ1) is 14.3. The van der Waals surface area contributed by atoms with Gasteiger partial charge in [-0.3, -0.25) is 4.65 Å². The molecule has 100 valence electrons. The Labute approximate surface area is 121 Å². The van der Waals surface area contributed by atoms with Crippen molar-refractivity contribution in [3.8, 4) is 0 Å². The monoisotopic (exact) mass is 317 g/mol. The molecule has 7 heteroatoms. The Morgan fingerprint density at radius 3 is 2.53 bits per heavy atom.